The van der Waals surface area contributed by atoms with Crippen LogP contribution in [0, 0.1) is 5.92 Å². The highest BCUT2D eigenvalue weighted by Gasteiger charge is 2.32. The Kier molecular flexibility index (Phi) is 5.93. The second-order valence-corrected chi connectivity index (χ2v) is 7.10. The molecular weight excluding hydrogens is 393 g/mol. The molecule has 0 aliphatic carbocycles. The van der Waals surface area contributed by atoms with Crippen LogP contribution in [0.5, 0.6) is 0 Å². The van der Waals surface area contributed by atoms with E-state index in [1.807, 2.05) is 0 Å². The summed E-state index contributed by atoms with van der Waals surface area (Å²) in [5, 5.41) is 3.06. The van der Waals surface area contributed by atoms with Crippen molar-refractivity contribution in [2.24, 2.45) is 5.92 Å². The van der Waals surface area contributed by atoms with Crippen LogP contribution in [-0.4, -0.2) is 29.8 Å². The lowest BCUT2D eigenvalue weighted by molar-refractivity contribution is -0.137. The van der Waals surface area contributed by atoms with E-state index in [2.05, 4.69) is 5.32 Å². The second-order valence-electron chi connectivity index (χ2n) is 6.67. The molecule has 1 heterocycles. The van der Waals surface area contributed by atoms with E-state index >= 15 is 0 Å². The first-order valence-electron chi connectivity index (χ1n) is 8.77. The fourth-order valence-electron chi connectivity index (χ4n) is 3.17. The maximum Gasteiger partial charge on any atom is 0.416 e. The smallest absolute Gasteiger partial charge is 0.338 e. The van der Waals surface area contributed by atoms with Gasteiger partial charge in [0.2, 0.25) is 5.91 Å². The maximum absolute atomic E-state index is 12.8. The predicted molar refractivity (Wildman–Crippen MR) is 100 cm³/mol. The van der Waals surface area contributed by atoms with Crippen LogP contribution in [0.2, 0.25) is 5.02 Å². The Morgan fingerprint density at radius 3 is 2.50 bits per heavy atom. The molecule has 28 heavy (non-hydrogen) atoms. The summed E-state index contributed by atoms with van der Waals surface area (Å²) >= 11 is 5.83. The average molecular weight is 411 g/mol. The molecule has 0 radical (unpaired) electrons. The van der Waals surface area contributed by atoms with Crippen LogP contribution in [0.4, 0.5) is 18.9 Å². The molecule has 0 aromatic heterocycles. The fraction of sp³-hybridized carbons (Fsp3) is 0.300. The molecule has 0 bridgehead atoms. The highest BCUT2D eigenvalue weighted by atomic mass is 35.5. The van der Waals surface area contributed by atoms with Gasteiger partial charge >= 0.3 is 6.18 Å². The zero-order valence-corrected chi connectivity index (χ0v) is 15.6. The first kappa shape index (κ1) is 20.2. The van der Waals surface area contributed by atoms with E-state index in [4.69, 9.17) is 11.6 Å². The van der Waals surface area contributed by atoms with Crippen LogP contribution in [0.3, 0.4) is 0 Å². The lowest BCUT2D eigenvalue weighted by atomic mass is 9.96. The summed E-state index contributed by atoms with van der Waals surface area (Å²) in [5.41, 5.74) is -0.266. The largest absolute Gasteiger partial charge is 0.416 e. The van der Waals surface area contributed by atoms with Gasteiger partial charge < -0.3 is 10.2 Å². The molecule has 1 aliphatic rings. The SMILES string of the molecule is O=C(Nc1cccc(C(F)(F)F)c1)[C@H]1CCCN(C(=O)c2ccc(Cl)cc2)C1. The van der Waals surface area contributed by atoms with Gasteiger partial charge in [-0.1, -0.05) is 17.7 Å². The number of carbonyl (C=O) groups is 2. The number of carbonyl (C=O) groups excluding carboxylic acids is 2. The zero-order chi connectivity index (χ0) is 20.3. The summed E-state index contributed by atoms with van der Waals surface area (Å²) in [6.07, 6.45) is -3.28. The predicted octanol–water partition coefficient (Wildman–Crippen LogP) is 4.85. The molecule has 2 amide bonds. The molecule has 1 aliphatic heterocycles. The minimum Gasteiger partial charge on any atom is -0.338 e. The molecular formula is C20H18ClF3N2O2. The van der Waals surface area contributed by atoms with Crippen molar-refractivity contribution in [3.8, 4) is 0 Å². The third kappa shape index (κ3) is 4.84. The van der Waals surface area contributed by atoms with Gasteiger partial charge in [0.05, 0.1) is 11.5 Å². The molecule has 0 spiro atoms. The van der Waals surface area contributed by atoms with Gasteiger partial charge in [-0.05, 0) is 55.3 Å². The van der Waals surface area contributed by atoms with Gasteiger partial charge in [-0.2, -0.15) is 13.2 Å². The van der Waals surface area contributed by atoms with Gasteiger partial charge in [-0.25, -0.2) is 0 Å². The number of likely N-dealkylation sites (tertiary alicyclic amines) is 1. The molecule has 0 saturated carbocycles. The van der Waals surface area contributed by atoms with Crippen LogP contribution in [0.15, 0.2) is 48.5 Å². The first-order chi connectivity index (χ1) is 13.2. The number of anilines is 1. The molecule has 1 N–H and O–H groups in total. The number of piperidine rings is 1. The van der Waals surface area contributed by atoms with Crippen LogP contribution >= 0.6 is 11.6 Å². The van der Waals surface area contributed by atoms with Crippen molar-refractivity contribution in [2.75, 3.05) is 18.4 Å². The van der Waals surface area contributed by atoms with Crippen molar-refractivity contribution in [3.63, 3.8) is 0 Å². The van der Waals surface area contributed by atoms with E-state index in [1.165, 1.54) is 12.1 Å². The average Bonchev–Trinajstić information content (AvgIpc) is 2.67. The second kappa shape index (κ2) is 8.22. The van der Waals surface area contributed by atoms with E-state index in [-0.39, 0.29) is 18.1 Å². The fourth-order valence-corrected chi connectivity index (χ4v) is 3.29. The summed E-state index contributed by atoms with van der Waals surface area (Å²) in [5.74, 6) is -1.08. The summed E-state index contributed by atoms with van der Waals surface area (Å²) in [7, 11) is 0. The third-order valence-corrected chi connectivity index (χ3v) is 4.88. The van der Waals surface area contributed by atoms with E-state index in [0.29, 0.717) is 30.0 Å². The van der Waals surface area contributed by atoms with E-state index in [0.717, 1.165) is 12.1 Å². The molecule has 1 atom stereocenters. The van der Waals surface area contributed by atoms with Crippen LogP contribution in [-0.2, 0) is 11.0 Å². The number of benzene rings is 2. The van der Waals surface area contributed by atoms with E-state index in [1.54, 1.807) is 29.2 Å². The highest BCUT2D eigenvalue weighted by molar-refractivity contribution is 6.30. The Hall–Kier alpha value is -2.54. The Morgan fingerprint density at radius 2 is 1.82 bits per heavy atom. The molecule has 2 aromatic rings. The quantitative estimate of drug-likeness (QED) is 0.786. The van der Waals surface area contributed by atoms with Gasteiger partial charge in [0.1, 0.15) is 0 Å². The van der Waals surface area contributed by atoms with E-state index < -0.39 is 23.6 Å². The Bertz CT molecular complexity index is 868. The van der Waals surface area contributed by atoms with Gasteiger partial charge in [0, 0.05) is 29.4 Å². The van der Waals surface area contributed by atoms with Gasteiger partial charge in [0.15, 0.2) is 0 Å². The normalized spacial score (nSPS) is 17.3. The first-order valence-corrected chi connectivity index (χ1v) is 9.15. The summed E-state index contributed by atoms with van der Waals surface area (Å²) in [4.78, 5) is 26.7. The van der Waals surface area contributed by atoms with Crippen molar-refractivity contribution < 1.29 is 22.8 Å². The number of nitrogens with one attached hydrogen (secondary N) is 1. The molecule has 1 saturated heterocycles. The Balaban J connectivity index is 1.66. The number of nitrogens with zero attached hydrogens (tertiary/aromatic N) is 1. The Morgan fingerprint density at radius 1 is 1.11 bits per heavy atom. The number of hydrogen-bond donors (Lipinski definition) is 1. The van der Waals surface area contributed by atoms with Crippen molar-refractivity contribution in [2.45, 2.75) is 19.0 Å². The van der Waals surface area contributed by atoms with Gasteiger partial charge in [0.25, 0.3) is 5.91 Å². The van der Waals surface area contributed by atoms with Crippen molar-refractivity contribution in [1.29, 1.82) is 0 Å². The molecule has 1 fully saturated rings. The van der Waals surface area contributed by atoms with Crippen molar-refractivity contribution >= 4 is 29.1 Å². The number of rotatable bonds is 3. The van der Waals surface area contributed by atoms with Crippen LogP contribution < -0.4 is 5.32 Å². The number of halogens is 4. The maximum atomic E-state index is 12.8. The van der Waals surface area contributed by atoms with Crippen LogP contribution in [0.25, 0.3) is 0 Å². The molecule has 3 rings (SSSR count). The number of alkyl halides is 3. The minimum atomic E-state index is -4.48. The summed E-state index contributed by atoms with van der Waals surface area (Å²) in [6.45, 7) is 0.737. The molecule has 0 unspecified atom stereocenters. The minimum absolute atomic E-state index is 0.0842. The lowest BCUT2D eigenvalue weighted by Crippen LogP contribution is -2.43. The topological polar surface area (TPSA) is 49.4 Å². The summed E-state index contributed by atoms with van der Waals surface area (Å²) in [6, 6.07) is 11.0. The Labute approximate surface area is 165 Å². The van der Waals surface area contributed by atoms with Gasteiger partial charge in [-0.3, -0.25) is 9.59 Å². The zero-order valence-electron chi connectivity index (χ0n) is 14.8. The highest BCUT2D eigenvalue weighted by Crippen LogP contribution is 2.31. The molecule has 8 heteroatoms. The van der Waals surface area contributed by atoms with E-state index in [9.17, 15) is 22.8 Å². The standard InChI is InChI=1S/C20H18ClF3N2O2/c21-16-8-6-13(7-9-16)19(28)26-10-2-3-14(12-26)18(27)25-17-5-1-4-15(11-17)20(22,23)24/h1,4-9,11,14H,2-3,10,12H2,(H,25,27)/t14-/m0/s1. The van der Waals surface area contributed by atoms with Crippen molar-refractivity contribution in [3.05, 3.63) is 64.7 Å². The van der Waals surface area contributed by atoms with Crippen molar-refractivity contribution in [1.82, 2.24) is 4.90 Å². The van der Waals surface area contributed by atoms with Crippen LogP contribution in [0.1, 0.15) is 28.8 Å². The lowest BCUT2D eigenvalue weighted by Gasteiger charge is -2.32. The molecule has 4 nitrogen and oxygen atoms in total. The number of amides is 2. The third-order valence-electron chi connectivity index (χ3n) is 4.63. The van der Waals surface area contributed by atoms with Gasteiger partial charge in [-0.15, -0.1) is 0 Å². The number of hydrogen-bond acceptors (Lipinski definition) is 2. The molecule has 2 aromatic carbocycles. The summed E-state index contributed by atoms with van der Waals surface area (Å²) < 4.78 is 38.5. The monoisotopic (exact) mass is 410 g/mol. The molecule has 148 valence electrons.